The third kappa shape index (κ3) is 5.88. The van der Waals surface area contributed by atoms with Crippen molar-refractivity contribution >= 4 is 11.8 Å². The molecule has 0 unspecified atom stereocenters. The first-order chi connectivity index (χ1) is 17.6. The van der Waals surface area contributed by atoms with Gasteiger partial charge in [-0.1, -0.05) is 12.1 Å². The molecule has 1 aromatic carbocycles. The number of nitrogens with zero attached hydrogens (tertiary/aromatic N) is 2. The smallest absolute Gasteiger partial charge is 0.325 e. The van der Waals surface area contributed by atoms with Gasteiger partial charge < -0.3 is 19.9 Å². The van der Waals surface area contributed by atoms with Crippen LogP contribution in [0.1, 0.15) is 66.4 Å². The van der Waals surface area contributed by atoms with Crippen molar-refractivity contribution in [3.05, 3.63) is 58.5 Å². The van der Waals surface area contributed by atoms with Crippen molar-refractivity contribution < 1.29 is 23.8 Å². The highest BCUT2D eigenvalue weighted by Gasteiger charge is 2.36. The number of carbonyl (C=O) groups is 1. The molecular formula is C28H36FN3O4. The van der Waals surface area contributed by atoms with E-state index in [1.807, 2.05) is 4.90 Å². The van der Waals surface area contributed by atoms with E-state index < -0.39 is 17.8 Å². The molecule has 2 fully saturated rings. The number of aromatic nitrogens is 1. The lowest BCUT2D eigenvalue weighted by atomic mass is 9.89. The highest BCUT2D eigenvalue weighted by Crippen LogP contribution is 2.36. The number of ether oxygens (including phenoxy) is 2. The highest BCUT2D eigenvalue weighted by molar-refractivity contribution is 5.76. The SMILES string of the molecule is O=C(O)[C@@H](c1cc(F)ccc1[C@H]1CCOC1)N1CC[C@@H](OCCCCc2ccc3c(n2)NCCC3)C1. The maximum atomic E-state index is 14.2. The summed E-state index contributed by atoms with van der Waals surface area (Å²) >= 11 is 0. The van der Waals surface area contributed by atoms with Crippen LogP contribution >= 0.6 is 0 Å². The van der Waals surface area contributed by atoms with Crippen molar-refractivity contribution in [1.29, 1.82) is 0 Å². The quantitative estimate of drug-likeness (QED) is 0.473. The van der Waals surface area contributed by atoms with Gasteiger partial charge in [-0.25, -0.2) is 9.37 Å². The molecule has 3 aliphatic rings. The van der Waals surface area contributed by atoms with Crippen LogP contribution in [-0.4, -0.2) is 66.5 Å². The van der Waals surface area contributed by atoms with Gasteiger partial charge in [-0.05, 0) is 79.8 Å². The van der Waals surface area contributed by atoms with Crippen LogP contribution in [0.15, 0.2) is 30.3 Å². The molecule has 0 bridgehead atoms. The van der Waals surface area contributed by atoms with Crippen molar-refractivity contribution in [2.45, 2.75) is 63.0 Å². The minimum absolute atomic E-state index is 0.00950. The first-order valence-electron chi connectivity index (χ1n) is 13.3. The predicted octanol–water partition coefficient (Wildman–Crippen LogP) is 4.32. The molecule has 3 aliphatic heterocycles. The van der Waals surface area contributed by atoms with Gasteiger partial charge in [0, 0.05) is 44.5 Å². The third-order valence-electron chi connectivity index (χ3n) is 7.62. The molecule has 0 amide bonds. The summed E-state index contributed by atoms with van der Waals surface area (Å²) in [5.41, 5.74) is 3.85. The number of carboxylic acid groups (broad SMARTS) is 1. The average Bonchev–Trinajstić information content (AvgIpc) is 3.57. The molecule has 5 rings (SSSR count). The molecule has 194 valence electrons. The normalized spacial score (nSPS) is 22.8. The summed E-state index contributed by atoms with van der Waals surface area (Å²) in [6.07, 6.45) is 6.70. The van der Waals surface area contributed by atoms with Gasteiger partial charge in [0.1, 0.15) is 17.7 Å². The number of halogens is 1. The lowest BCUT2D eigenvalue weighted by Crippen LogP contribution is -2.34. The number of nitrogens with one attached hydrogen (secondary N) is 1. The first-order valence-corrected chi connectivity index (χ1v) is 13.3. The Kier molecular flexibility index (Phi) is 8.14. The number of pyridine rings is 1. The Hall–Kier alpha value is -2.55. The number of hydrogen-bond donors (Lipinski definition) is 2. The lowest BCUT2D eigenvalue weighted by molar-refractivity contribution is -0.143. The third-order valence-corrected chi connectivity index (χ3v) is 7.62. The Labute approximate surface area is 212 Å². The molecule has 36 heavy (non-hydrogen) atoms. The summed E-state index contributed by atoms with van der Waals surface area (Å²) < 4.78 is 25.8. The van der Waals surface area contributed by atoms with E-state index in [4.69, 9.17) is 14.5 Å². The van der Waals surface area contributed by atoms with Crippen molar-refractivity contribution in [1.82, 2.24) is 9.88 Å². The zero-order valence-electron chi connectivity index (χ0n) is 20.8. The Bertz CT molecular complexity index is 1060. The summed E-state index contributed by atoms with van der Waals surface area (Å²) in [6.45, 7) is 3.99. The van der Waals surface area contributed by atoms with E-state index >= 15 is 0 Å². The van der Waals surface area contributed by atoms with Gasteiger partial charge in [0.05, 0.1) is 12.7 Å². The van der Waals surface area contributed by atoms with E-state index in [-0.39, 0.29) is 12.0 Å². The zero-order valence-corrected chi connectivity index (χ0v) is 20.8. The monoisotopic (exact) mass is 497 g/mol. The number of rotatable bonds is 10. The second-order valence-electron chi connectivity index (χ2n) is 10.1. The lowest BCUT2D eigenvalue weighted by Gasteiger charge is -2.27. The number of aliphatic carboxylic acids is 1. The number of benzene rings is 1. The number of anilines is 1. The number of fused-ring (bicyclic) bond motifs is 1. The molecule has 2 aromatic rings. The zero-order chi connectivity index (χ0) is 24.9. The fourth-order valence-electron chi connectivity index (χ4n) is 5.71. The Morgan fingerprint density at radius 1 is 1.28 bits per heavy atom. The van der Waals surface area contributed by atoms with Crippen LogP contribution in [0.3, 0.4) is 0 Å². The van der Waals surface area contributed by atoms with Crippen LogP contribution in [-0.2, 0) is 27.1 Å². The number of hydrogen-bond acceptors (Lipinski definition) is 6. The summed E-state index contributed by atoms with van der Waals surface area (Å²) in [7, 11) is 0. The van der Waals surface area contributed by atoms with Gasteiger partial charge >= 0.3 is 5.97 Å². The highest BCUT2D eigenvalue weighted by atomic mass is 19.1. The number of likely N-dealkylation sites (tertiary alicyclic amines) is 1. The summed E-state index contributed by atoms with van der Waals surface area (Å²) in [6, 6.07) is 7.99. The topological polar surface area (TPSA) is 83.9 Å². The molecule has 7 nitrogen and oxygen atoms in total. The Morgan fingerprint density at radius 2 is 2.19 bits per heavy atom. The number of aryl methyl sites for hydroxylation is 2. The van der Waals surface area contributed by atoms with Gasteiger partial charge in [0.25, 0.3) is 0 Å². The fraction of sp³-hybridized carbons (Fsp3) is 0.571. The average molecular weight is 498 g/mol. The molecule has 1 aromatic heterocycles. The maximum absolute atomic E-state index is 14.2. The van der Waals surface area contributed by atoms with Gasteiger partial charge in [0.15, 0.2) is 0 Å². The van der Waals surface area contributed by atoms with Crippen LogP contribution in [0.2, 0.25) is 0 Å². The van der Waals surface area contributed by atoms with Crippen molar-refractivity contribution in [3.8, 4) is 0 Å². The molecule has 0 spiro atoms. The van der Waals surface area contributed by atoms with Gasteiger partial charge in [-0.2, -0.15) is 0 Å². The molecule has 3 atom stereocenters. The maximum Gasteiger partial charge on any atom is 0.325 e. The standard InChI is InChI=1S/C28H36FN3O4/c29-21-7-9-24(20-11-15-35-18-20)25(16-21)26(28(33)34)32-13-10-23(17-32)36-14-2-1-5-22-8-6-19-4-3-12-30-27(19)31-22/h6-9,16,20,23,26H,1-5,10-15,17-18H2,(H,30,31)(H,33,34)/t20-,23+,26+/m0/s1. The second-order valence-corrected chi connectivity index (χ2v) is 10.1. The van der Waals surface area contributed by atoms with Gasteiger partial charge in [0.2, 0.25) is 0 Å². The summed E-state index contributed by atoms with van der Waals surface area (Å²) in [5, 5.41) is 13.5. The summed E-state index contributed by atoms with van der Waals surface area (Å²) in [5.74, 6) is -0.211. The van der Waals surface area contributed by atoms with Crippen molar-refractivity contribution in [2.75, 3.05) is 44.8 Å². The van der Waals surface area contributed by atoms with Crippen LogP contribution in [0.4, 0.5) is 10.2 Å². The van der Waals surface area contributed by atoms with Crippen LogP contribution in [0.25, 0.3) is 0 Å². The molecule has 4 heterocycles. The molecule has 0 saturated carbocycles. The Morgan fingerprint density at radius 3 is 3.03 bits per heavy atom. The molecular weight excluding hydrogens is 461 g/mol. The van der Waals surface area contributed by atoms with Crippen LogP contribution < -0.4 is 5.32 Å². The van der Waals surface area contributed by atoms with Gasteiger partial charge in [-0.3, -0.25) is 9.69 Å². The van der Waals surface area contributed by atoms with E-state index in [1.54, 1.807) is 6.07 Å². The van der Waals surface area contributed by atoms with E-state index in [0.29, 0.717) is 38.5 Å². The molecule has 0 radical (unpaired) electrons. The molecule has 2 saturated heterocycles. The Balaban J connectivity index is 1.12. The van der Waals surface area contributed by atoms with Crippen molar-refractivity contribution in [3.63, 3.8) is 0 Å². The van der Waals surface area contributed by atoms with Crippen molar-refractivity contribution in [2.24, 2.45) is 0 Å². The molecule has 0 aliphatic carbocycles. The first kappa shape index (κ1) is 25.1. The molecule has 2 N–H and O–H groups in total. The second kappa shape index (κ2) is 11.7. The molecule has 8 heteroatoms. The number of carboxylic acids is 1. The van der Waals surface area contributed by atoms with Crippen LogP contribution in [0, 0.1) is 5.82 Å². The van der Waals surface area contributed by atoms with Crippen LogP contribution in [0.5, 0.6) is 0 Å². The van der Waals surface area contributed by atoms with E-state index in [1.165, 1.54) is 17.7 Å². The number of unbranched alkanes of at least 4 members (excludes halogenated alkanes) is 1. The minimum atomic E-state index is -0.951. The summed E-state index contributed by atoms with van der Waals surface area (Å²) in [4.78, 5) is 19.0. The van der Waals surface area contributed by atoms with E-state index in [9.17, 15) is 14.3 Å². The largest absolute Gasteiger partial charge is 0.480 e. The van der Waals surface area contributed by atoms with Gasteiger partial charge in [-0.15, -0.1) is 0 Å². The fourth-order valence-corrected chi connectivity index (χ4v) is 5.71. The van der Waals surface area contributed by atoms with E-state index in [0.717, 1.165) is 68.6 Å². The predicted molar refractivity (Wildman–Crippen MR) is 135 cm³/mol. The van der Waals surface area contributed by atoms with E-state index in [2.05, 4.69) is 17.4 Å². The minimum Gasteiger partial charge on any atom is -0.480 e.